The molecule has 1 aromatic heterocycles. The molecule has 0 unspecified atom stereocenters. The average Bonchev–Trinajstić information content (AvgIpc) is 2.29. The second kappa shape index (κ2) is 3.38. The normalized spacial score (nSPS) is 11.8. The number of ketones is 1. The van der Waals surface area contributed by atoms with Crippen LogP contribution in [0, 0.1) is 0 Å². The van der Waals surface area contributed by atoms with Crippen molar-refractivity contribution in [3.8, 4) is 0 Å². The molecule has 1 aromatic rings. The van der Waals surface area contributed by atoms with Gasteiger partial charge in [0.05, 0.1) is 0 Å². The summed E-state index contributed by atoms with van der Waals surface area (Å²) >= 11 is 3.25. The molecule has 0 bridgehead atoms. The van der Waals surface area contributed by atoms with Crippen molar-refractivity contribution < 1.29 is 18.0 Å². The first-order valence-corrected chi connectivity index (χ1v) is 4.68. The maximum Gasteiger partial charge on any atom is 0.443 e. The van der Waals surface area contributed by atoms with E-state index in [1.54, 1.807) is 0 Å². The summed E-state index contributed by atoms with van der Waals surface area (Å²) in [5.41, 5.74) is -0.169. The van der Waals surface area contributed by atoms with Crippen LogP contribution in [0.1, 0.15) is 22.4 Å². The van der Waals surface area contributed by atoms with Gasteiger partial charge in [0.1, 0.15) is 9.48 Å². The number of carbonyl (C=O) groups excluding carboxylic acids is 1. The SMILES string of the molecule is CC(=O)c1nc(C(F)(F)F)sc1Br. The number of rotatable bonds is 1. The molecule has 7 heteroatoms. The summed E-state index contributed by atoms with van der Waals surface area (Å²) in [5, 5.41) is -1.01. The van der Waals surface area contributed by atoms with Crippen LogP contribution in [0.5, 0.6) is 0 Å². The Morgan fingerprint density at radius 3 is 2.31 bits per heavy atom. The Hall–Kier alpha value is -0.430. The minimum absolute atomic E-state index is 0.118. The molecule has 0 atom stereocenters. The maximum atomic E-state index is 12.1. The molecule has 13 heavy (non-hydrogen) atoms. The molecule has 72 valence electrons. The number of thiazole rings is 1. The van der Waals surface area contributed by atoms with Crippen molar-refractivity contribution in [2.45, 2.75) is 13.1 Å². The van der Waals surface area contributed by atoms with Gasteiger partial charge in [-0.15, -0.1) is 11.3 Å². The van der Waals surface area contributed by atoms with Gasteiger partial charge in [-0.3, -0.25) is 4.79 Å². The average molecular weight is 274 g/mol. The minimum Gasteiger partial charge on any atom is -0.293 e. The number of halogens is 4. The Balaban J connectivity index is 3.17. The van der Waals surface area contributed by atoms with Crippen molar-refractivity contribution in [2.75, 3.05) is 0 Å². The van der Waals surface area contributed by atoms with Crippen LogP contribution in [0.4, 0.5) is 13.2 Å². The number of carbonyl (C=O) groups is 1. The van der Waals surface area contributed by atoms with Gasteiger partial charge < -0.3 is 0 Å². The molecule has 0 spiro atoms. The third-order valence-electron chi connectivity index (χ3n) is 1.16. The molecule has 0 N–H and O–H groups in total. The highest BCUT2D eigenvalue weighted by Gasteiger charge is 2.36. The van der Waals surface area contributed by atoms with Crippen molar-refractivity contribution in [2.24, 2.45) is 0 Å². The van der Waals surface area contributed by atoms with Crippen LogP contribution in [0.2, 0.25) is 0 Å². The van der Waals surface area contributed by atoms with Gasteiger partial charge in [-0.25, -0.2) is 4.98 Å². The van der Waals surface area contributed by atoms with E-state index in [2.05, 4.69) is 20.9 Å². The number of hydrogen-bond donors (Lipinski definition) is 0. The summed E-state index contributed by atoms with van der Waals surface area (Å²) < 4.78 is 36.3. The Morgan fingerprint density at radius 2 is 2.08 bits per heavy atom. The number of hydrogen-bond acceptors (Lipinski definition) is 3. The largest absolute Gasteiger partial charge is 0.443 e. The molecule has 0 aliphatic rings. The van der Waals surface area contributed by atoms with Crippen LogP contribution < -0.4 is 0 Å². The number of nitrogens with zero attached hydrogens (tertiary/aromatic N) is 1. The van der Waals surface area contributed by atoms with E-state index in [9.17, 15) is 18.0 Å². The summed E-state index contributed by atoms with van der Waals surface area (Å²) in [6.45, 7) is 1.17. The van der Waals surface area contributed by atoms with Crippen molar-refractivity contribution in [1.82, 2.24) is 4.98 Å². The third-order valence-corrected chi connectivity index (χ3v) is 2.91. The summed E-state index contributed by atoms with van der Waals surface area (Å²) in [4.78, 5) is 13.9. The predicted molar refractivity (Wildman–Crippen MR) is 44.8 cm³/mol. The topological polar surface area (TPSA) is 30.0 Å². The fourth-order valence-electron chi connectivity index (χ4n) is 0.640. The lowest BCUT2D eigenvalue weighted by molar-refractivity contribution is -0.137. The lowest BCUT2D eigenvalue weighted by atomic mass is 10.3. The van der Waals surface area contributed by atoms with Gasteiger partial charge in [0.25, 0.3) is 0 Å². The van der Waals surface area contributed by atoms with E-state index in [-0.39, 0.29) is 9.48 Å². The van der Waals surface area contributed by atoms with Crippen molar-refractivity contribution in [3.05, 3.63) is 14.5 Å². The van der Waals surface area contributed by atoms with Gasteiger partial charge in [-0.2, -0.15) is 13.2 Å². The smallest absolute Gasteiger partial charge is 0.293 e. The minimum atomic E-state index is -4.49. The summed E-state index contributed by atoms with van der Waals surface area (Å²) in [5.74, 6) is -0.487. The van der Waals surface area contributed by atoms with Crippen LogP contribution >= 0.6 is 27.3 Å². The number of aromatic nitrogens is 1. The molecule has 0 saturated heterocycles. The summed E-state index contributed by atoms with van der Waals surface area (Å²) in [7, 11) is 0. The fraction of sp³-hybridized carbons (Fsp3) is 0.333. The van der Waals surface area contributed by atoms with Crippen LogP contribution in [0.25, 0.3) is 0 Å². The van der Waals surface area contributed by atoms with E-state index in [4.69, 9.17) is 0 Å². The van der Waals surface area contributed by atoms with E-state index < -0.39 is 17.0 Å². The molecule has 0 fully saturated rings. The Labute approximate surface area is 83.9 Å². The van der Waals surface area contributed by atoms with Gasteiger partial charge in [-0.1, -0.05) is 0 Å². The molecule has 0 aliphatic heterocycles. The van der Waals surface area contributed by atoms with Crippen LogP contribution in [-0.2, 0) is 6.18 Å². The zero-order chi connectivity index (χ0) is 10.2. The summed E-state index contributed by atoms with van der Waals surface area (Å²) in [6.07, 6.45) is -4.49. The third kappa shape index (κ3) is 2.28. The molecule has 1 rings (SSSR count). The van der Waals surface area contributed by atoms with Gasteiger partial charge in [0.2, 0.25) is 0 Å². The van der Waals surface area contributed by atoms with Crippen LogP contribution in [0.15, 0.2) is 3.79 Å². The Bertz CT molecular complexity index is 346. The van der Waals surface area contributed by atoms with E-state index in [1.807, 2.05) is 0 Å². The van der Waals surface area contributed by atoms with E-state index >= 15 is 0 Å². The Morgan fingerprint density at radius 1 is 1.54 bits per heavy atom. The monoisotopic (exact) mass is 273 g/mol. The van der Waals surface area contributed by atoms with Crippen molar-refractivity contribution in [1.29, 1.82) is 0 Å². The molecule has 0 saturated carbocycles. The predicted octanol–water partition coefficient (Wildman–Crippen LogP) is 3.13. The first kappa shape index (κ1) is 10.6. The Kier molecular flexibility index (Phi) is 2.76. The highest BCUT2D eigenvalue weighted by Crippen LogP contribution is 2.36. The molecule has 0 amide bonds. The maximum absolute atomic E-state index is 12.1. The highest BCUT2D eigenvalue weighted by atomic mass is 79.9. The van der Waals surface area contributed by atoms with Gasteiger partial charge in [0, 0.05) is 6.92 Å². The first-order valence-electron chi connectivity index (χ1n) is 3.07. The van der Waals surface area contributed by atoms with Gasteiger partial charge in [0.15, 0.2) is 10.8 Å². The van der Waals surface area contributed by atoms with Crippen molar-refractivity contribution >= 4 is 33.0 Å². The quantitative estimate of drug-likeness (QED) is 0.736. The lowest BCUT2D eigenvalue weighted by Crippen LogP contribution is -2.05. The lowest BCUT2D eigenvalue weighted by Gasteiger charge is -1.98. The standard InChI is InChI=1S/C6H3BrF3NOS/c1-2(12)3-4(7)13-5(11-3)6(8,9)10/h1H3. The molecule has 2 nitrogen and oxygen atoms in total. The van der Waals surface area contributed by atoms with E-state index in [0.29, 0.717) is 11.3 Å². The first-order chi connectivity index (χ1) is 5.82. The van der Waals surface area contributed by atoms with E-state index in [0.717, 1.165) is 0 Å². The molecular weight excluding hydrogens is 271 g/mol. The molecular formula is C6H3BrF3NOS. The zero-order valence-electron chi connectivity index (χ0n) is 6.28. The van der Waals surface area contributed by atoms with Crippen molar-refractivity contribution in [3.63, 3.8) is 0 Å². The van der Waals surface area contributed by atoms with Gasteiger partial charge >= 0.3 is 6.18 Å². The number of alkyl halides is 3. The molecule has 0 aliphatic carbocycles. The fourth-order valence-corrected chi connectivity index (χ4v) is 2.18. The zero-order valence-corrected chi connectivity index (χ0v) is 8.68. The second-order valence-corrected chi connectivity index (χ2v) is 4.51. The van der Waals surface area contributed by atoms with E-state index in [1.165, 1.54) is 6.92 Å². The van der Waals surface area contributed by atoms with Crippen LogP contribution in [0.3, 0.4) is 0 Å². The summed E-state index contributed by atoms with van der Waals surface area (Å²) in [6, 6.07) is 0. The molecule has 1 heterocycles. The highest BCUT2D eigenvalue weighted by molar-refractivity contribution is 9.11. The van der Waals surface area contributed by atoms with Gasteiger partial charge in [-0.05, 0) is 15.9 Å². The molecule has 0 radical (unpaired) electrons. The van der Waals surface area contributed by atoms with Crippen LogP contribution in [-0.4, -0.2) is 10.8 Å². The second-order valence-electron chi connectivity index (χ2n) is 2.20. The molecule has 0 aromatic carbocycles. The number of Topliss-reactive ketones (excluding diaryl/α,β-unsaturated/α-hetero) is 1.